The van der Waals surface area contributed by atoms with Gasteiger partial charge in [0.1, 0.15) is 5.69 Å². The van der Waals surface area contributed by atoms with Crippen LogP contribution in [0.25, 0.3) is 11.0 Å². The maximum absolute atomic E-state index is 13.2. The van der Waals surface area contributed by atoms with Crippen LogP contribution in [-0.4, -0.2) is 43.6 Å². The number of carbonyl (C=O) groups excluding carboxylic acids is 1. The van der Waals surface area contributed by atoms with Gasteiger partial charge < -0.3 is 4.90 Å². The third-order valence-corrected chi connectivity index (χ3v) is 6.13. The number of aromatic nitrogens is 4. The summed E-state index contributed by atoms with van der Waals surface area (Å²) in [7, 11) is 1.54. The first-order chi connectivity index (χ1) is 14.5. The second-order valence-corrected chi connectivity index (χ2v) is 8.29. The molecule has 3 aromatic heterocycles. The van der Waals surface area contributed by atoms with Crippen LogP contribution >= 0.6 is 0 Å². The van der Waals surface area contributed by atoms with Crippen LogP contribution in [0.1, 0.15) is 71.3 Å². The number of likely N-dealkylation sites (tertiary alicyclic amines) is 1. The van der Waals surface area contributed by atoms with Crippen LogP contribution in [0, 0.1) is 0 Å². The minimum Gasteiger partial charge on any atom is -0.338 e. The zero-order valence-electron chi connectivity index (χ0n) is 16.8. The lowest BCUT2D eigenvalue weighted by Gasteiger charge is -2.31. The van der Waals surface area contributed by atoms with E-state index < -0.39 is 12.1 Å². The van der Waals surface area contributed by atoms with Gasteiger partial charge in [-0.3, -0.25) is 9.48 Å². The molecule has 1 saturated carbocycles. The molecule has 156 valence electrons. The van der Waals surface area contributed by atoms with Crippen molar-refractivity contribution in [1.82, 2.24) is 24.6 Å². The van der Waals surface area contributed by atoms with E-state index in [1.165, 1.54) is 29.3 Å². The van der Waals surface area contributed by atoms with Crippen molar-refractivity contribution in [1.29, 1.82) is 0 Å². The van der Waals surface area contributed by atoms with Gasteiger partial charge in [-0.05, 0) is 55.4 Å². The Morgan fingerprint density at radius 2 is 1.90 bits per heavy atom. The summed E-state index contributed by atoms with van der Waals surface area (Å²) in [5.41, 5.74) is 2.58. The summed E-state index contributed by atoms with van der Waals surface area (Å²) in [6.07, 6.45) is 4.53. The summed E-state index contributed by atoms with van der Waals surface area (Å²) in [4.78, 5) is 23.7. The maximum Gasteiger partial charge on any atom is 0.282 e. The summed E-state index contributed by atoms with van der Waals surface area (Å²) in [6, 6.07) is 6.32. The summed E-state index contributed by atoms with van der Waals surface area (Å²) in [5.74, 6) is 0.512. The number of hydrogen-bond acceptors (Lipinski definition) is 4. The molecule has 1 saturated heterocycles. The number of piperidine rings is 1. The van der Waals surface area contributed by atoms with Gasteiger partial charge in [0.2, 0.25) is 0 Å². The molecule has 1 amide bonds. The van der Waals surface area contributed by atoms with Crippen LogP contribution in [0.15, 0.2) is 30.6 Å². The van der Waals surface area contributed by atoms with Gasteiger partial charge in [-0.2, -0.15) is 5.10 Å². The molecule has 0 bridgehead atoms. The molecule has 0 aromatic carbocycles. The molecule has 5 rings (SSSR count). The molecule has 8 heteroatoms. The fourth-order valence-electron chi connectivity index (χ4n) is 4.29. The van der Waals surface area contributed by atoms with E-state index in [4.69, 9.17) is 4.98 Å². The zero-order chi connectivity index (χ0) is 20.8. The second kappa shape index (κ2) is 7.41. The normalized spacial score (nSPS) is 17.8. The summed E-state index contributed by atoms with van der Waals surface area (Å²) in [5, 5.41) is 4.80. The van der Waals surface area contributed by atoms with Crippen LogP contribution < -0.4 is 0 Å². The molecule has 4 heterocycles. The molecule has 0 spiro atoms. The fourth-order valence-corrected chi connectivity index (χ4v) is 4.29. The lowest BCUT2D eigenvalue weighted by atomic mass is 9.92. The van der Waals surface area contributed by atoms with E-state index in [1.807, 2.05) is 6.20 Å². The average Bonchev–Trinajstić information content (AvgIpc) is 3.53. The van der Waals surface area contributed by atoms with Crippen molar-refractivity contribution in [2.75, 3.05) is 13.1 Å². The summed E-state index contributed by atoms with van der Waals surface area (Å²) < 4.78 is 27.6. The minimum absolute atomic E-state index is 0.00885. The zero-order valence-corrected chi connectivity index (χ0v) is 16.8. The van der Waals surface area contributed by atoms with E-state index >= 15 is 0 Å². The van der Waals surface area contributed by atoms with Gasteiger partial charge in [0.05, 0.1) is 5.56 Å². The van der Waals surface area contributed by atoms with E-state index in [1.54, 1.807) is 11.9 Å². The van der Waals surface area contributed by atoms with Crippen LogP contribution in [0.5, 0.6) is 0 Å². The van der Waals surface area contributed by atoms with Crippen molar-refractivity contribution < 1.29 is 13.6 Å². The molecule has 0 radical (unpaired) electrons. The first-order valence-corrected chi connectivity index (χ1v) is 10.4. The number of alkyl halides is 2. The Labute approximate surface area is 172 Å². The first-order valence-electron chi connectivity index (χ1n) is 10.4. The molecule has 6 nitrogen and oxygen atoms in total. The van der Waals surface area contributed by atoms with Crippen molar-refractivity contribution in [3.05, 3.63) is 53.1 Å². The van der Waals surface area contributed by atoms with Gasteiger partial charge in [0.25, 0.3) is 12.3 Å². The highest BCUT2D eigenvalue weighted by molar-refractivity contribution is 5.95. The predicted molar refractivity (Wildman–Crippen MR) is 108 cm³/mol. The van der Waals surface area contributed by atoms with E-state index in [2.05, 4.69) is 28.3 Å². The summed E-state index contributed by atoms with van der Waals surface area (Å²) >= 11 is 0. The van der Waals surface area contributed by atoms with Gasteiger partial charge in [-0.25, -0.2) is 18.7 Å². The van der Waals surface area contributed by atoms with Crippen molar-refractivity contribution in [3.8, 4) is 0 Å². The Kier molecular flexibility index (Phi) is 4.72. The number of pyridine rings is 2. The number of hydrogen-bond donors (Lipinski definition) is 0. The molecule has 1 aliphatic heterocycles. The number of carbonyl (C=O) groups is 1. The number of fused-ring (bicyclic) bond motifs is 1. The van der Waals surface area contributed by atoms with Crippen molar-refractivity contribution in [2.24, 2.45) is 7.05 Å². The third kappa shape index (κ3) is 3.55. The van der Waals surface area contributed by atoms with E-state index in [9.17, 15) is 13.6 Å². The Morgan fingerprint density at radius 3 is 2.60 bits per heavy atom. The largest absolute Gasteiger partial charge is 0.338 e. The molecular weight excluding hydrogens is 388 g/mol. The molecule has 30 heavy (non-hydrogen) atoms. The number of halogens is 2. The lowest BCUT2D eigenvalue weighted by molar-refractivity contribution is 0.0700. The monoisotopic (exact) mass is 411 g/mol. The highest BCUT2D eigenvalue weighted by Crippen LogP contribution is 2.40. The highest BCUT2D eigenvalue weighted by atomic mass is 19.3. The van der Waals surface area contributed by atoms with Gasteiger partial charge >= 0.3 is 0 Å². The molecule has 3 aromatic rings. The average molecular weight is 411 g/mol. The smallest absolute Gasteiger partial charge is 0.282 e. The van der Waals surface area contributed by atoms with E-state index in [0.29, 0.717) is 19.0 Å². The number of amides is 1. The summed E-state index contributed by atoms with van der Waals surface area (Å²) in [6.45, 7) is 1.02. The topological polar surface area (TPSA) is 63.9 Å². The third-order valence-electron chi connectivity index (χ3n) is 6.13. The molecule has 0 atom stereocenters. The maximum atomic E-state index is 13.2. The molecule has 2 aliphatic rings. The van der Waals surface area contributed by atoms with E-state index in [0.717, 1.165) is 29.6 Å². The Hall–Kier alpha value is -2.90. The molecule has 1 aliphatic carbocycles. The van der Waals surface area contributed by atoms with Crippen molar-refractivity contribution in [2.45, 2.75) is 43.9 Å². The fraction of sp³-hybridized carbons (Fsp3) is 0.455. The van der Waals surface area contributed by atoms with Gasteiger partial charge in [0.15, 0.2) is 5.65 Å². The Morgan fingerprint density at radius 1 is 1.13 bits per heavy atom. The molecule has 2 fully saturated rings. The quantitative estimate of drug-likeness (QED) is 0.646. The highest BCUT2D eigenvalue weighted by Gasteiger charge is 2.30. The lowest BCUT2D eigenvalue weighted by Crippen LogP contribution is -2.38. The van der Waals surface area contributed by atoms with Crippen LogP contribution in [-0.2, 0) is 7.05 Å². The van der Waals surface area contributed by atoms with Gasteiger partial charge in [-0.1, -0.05) is 0 Å². The van der Waals surface area contributed by atoms with E-state index in [-0.39, 0.29) is 17.4 Å². The number of aryl methyl sites for hydroxylation is 1. The van der Waals surface area contributed by atoms with Crippen LogP contribution in [0.4, 0.5) is 8.78 Å². The Bertz CT molecular complexity index is 1100. The van der Waals surface area contributed by atoms with Gasteiger partial charge in [0, 0.05) is 49.5 Å². The predicted octanol–water partition coefficient (Wildman–Crippen LogP) is 4.20. The second-order valence-electron chi connectivity index (χ2n) is 8.29. The van der Waals surface area contributed by atoms with Crippen LogP contribution in [0.3, 0.4) is 0 Å². The van der Waals surface area contributed by atoms with Crippen molar-refractivity contribution >= 4 is 16.9 Å². The first kappa shape index (κ1) is 19.1. The van der Waals surface area contributed by atoms with Crippen molar-refractivity contribution in [3.63, 3.8) is 0 Å². The minimum atomic E-state index is -2.77. The number of rotatable bonds is 4. The van der Waals surface area contributed by atoms with Gasteiger partial charge in [-0.15, -0.1) is 0 Å². The van der Waals surface area contributed by atoms with Crippen LogP contribution in [0.2, 0.25) is 0 Å². The SMILES string of the molecule is Cn1cc(C(=O)N2CCC(c3ccc4cc(C5CC5)cnc4n3)CC2)c(C(F)F)n1. The Balaban J connectivity index is 1.28. The molecule has 0 N–H and O–H groups in total. The molecule has 0 unspecified atom stereocenters. The molecular formula is C22H23F2N5O. The number of nitrogens with zero attached hydrogens (tertiary/aromatic N) is 5. The standard InChI is InChI=1S/C22H23F2N5O/c1-28-12-17(19(27-28)20(23)24)22(30)29-8-6-14(7-9-29)18-5-4-15-10-16(13-2-3-13)11-25-21(15)26-18/h4-5,10-14,20H,2-3,6-9H2,1H3.